The first-order valence-corrected chi connectivity index (χ1v) is 10.5. The van der Waals surface area contributed by atoms with Crippen molar-refractivity contribution >= 4 is 28.7 Å². The lowest BCUT2D eigenvalue weighted by molar-refractivity contribution is -0.117. The third-order valence-corrected chi connectivity index (χ3v) is 6.39. The molecule has 7 heteroatoms. The molecule has 2 aromatic carbocycles. The fraction of sp³-hybridized carbons (Fsp3) is 0.167. The van der Waals surface area contributed by atoms with Crippen LogP contribution in [0.2, 0.25) is 0 Å². The number of aliphatic hydroxyl groups is 1. The van der Waals surface area contributed by atoms with Gasteiger partial charge in [0.25, 0.3) is 5.91 Å². The summed E-state index contributed by atoms with van der Waals surface area (Å²) in [6.45, 7) is 5.45. The van der Waals surface area contributed by atoms with Gasteiger partial charge in [0, 0.05) is 5.69 Å². The molecule has 0 radical (unpaired) electrons. The van der Waals surface area contributed by atoms with Gasteiger partial charge in [-0.2, -0.15) is 5.26 Å². The fourth-order valence-corrected chi connectivity index (χ4v) is 4.73. The third kappa shape index (κ3) is 3.41. The zero-order valence-electron chi connectivity index (χ0n) is 17.2. The first kappa shape index (κ1) is 20.5. The van der Waals surface area contributed by atoms with Gasteiger partial charge in [-0.05, 0) is 56.2 Å². The monoisotopic (exact) mass is 429 g/mol. The van der Waals surface area contributed by atoms with Gasteiger partial charge in [-0.15, -0.1) is 11.3 Å². The summed E-state index contributed by atoms with van der Waals surface area (Å²) in [5.41, 5.74) is 3.18. The minimum Gasteiger partial charge on any atom is -0.503 e. The lowest BCUT2D eigenvalue weighted by Gasteiger charge is -2.28. The average Bonchev–Trinajstić information content (AvgIpc) is 3.23. The van der Waals surface area contributed by atoms with Crippen LogP contribution in [0.1, 0.15) is 43.1 Å². The molecule has 4 rings (SSSR count). The Hall–Kier alpha value is -3.76. The standard InChI is InChI=1S/C24H19N3O3S/c1-13-6-4-5-7-18(13)20-19(21(28)23-14(2)26-15(3)31-23)22(29)24(30)27(20)17-10-8-16(12-25)9-11-17/h4-11,20,29H,1-3H3. The molecule has 0 fully saturated rings. The number of aryl methyl sites for hydroxylation is 3. The molecule has 0 bridgehead atoms. The molecule has 154 valence electrons. The highest BCUT2D eigenvalue weighted by molar-refractivity contribution is 7.14. The third-order valence-electron chi connectivity index (χ3n) is 5.32. The summed E-state index contributed by atoms with van der Waals surface area (Å²) in [4.78, 5) is 32.9. The molecule has 0 saturated heterocycles. The van der Waals surface area contributed by atoms with Crippen molar-refractivity contribution in [1.29, 1.82) is 5.26 Å². The van der Waals surface area contributed by atoms with Crippen molar-refractivity contribution in [3.05, 3.63) is 92.1 Å². The van der Waals surface area contributed by atoms with Gasteiger partial charge in [-0.1, -0.05) is 24.3 Å². The van der Waals surface area contributed by atoms with E-state index in [1.54, 1.807) is 31.2 Å². The largest absolute Gasteiger partial charge is 0.503 e. The Labute approximate surface area is 183 Å². The molecule has 2 heterocycles. The molecule has 1 aliphatic heterocycles. The molecule has 1 N–H and O–H groups in total. The van der Waals surface area contributed by atoms with Gasteiger partial charge in [0.2, 0.25) is 5.78 Å². The fourth-order valence-electron chi connectivity index (χ4n) is 3.85. The van der Waals surface area contributed by atoms with Crippen LogP contribution in [-0.2, 0) is 4.79 Å². The van der Waals surface area contributed by atoms with Crippen LogP contribution in [0.25, 0.3) is 0 Å². The summed E-state index contributed by atoms with van der Waals surface area (Å²) in [5, 5.41) is 20.7. The Morgan fingerprint density at radius 3 is 2.39 bits per heavy atom. The normalized spacial score (nSPS) is 16.0. The van der Waals surface area contributed by atoms with Crippen LogP contribution in [0.15, 0.2) is 59.9 Å². The number of carbonyl (C=O) groups is 2. The summed E-state index contributed by atoms with van der Waals surface area (Å²) in [6, 6.07) is 15.2. The number of rotatable bonds is 4. The quantitative estimate of drug-likeness (QED) is 0.606. The SMILES string of the molecule is Cc1nc(C)c(C(=O)C2=C(O)C(=O)N(c3ccc(C#N)cc3)C2c2ccccc2C)s1. The highest BCUT2D eigenvalue weighted by Gasteiger charge is 2.45. The molecule has 0 spiro atoms. The first-order chi connectivity index (χ1) is 14.8. The van der Waals surface area contributed by atoms with Crippen molar-refractivity contribution in [2.45, 2.75) is 26.8 Å². The zero-order chi connectivity index (χ0) is 22.3. The van der Waals surface area contributed by atoms with Gasteiger partial charge in [0.05, 0.1) is 38.8 Å². The van der Waals surface area contributed by atoms with Crippen molar-refractivity contribution in [3.63, 3.8) is 0 Å². The van der Waals surface area contributed by atoms with Crippen molar-refractivity contribution in [2.24, 2.45) is 0 Å². The van der Waals surface area contributed by atoms with Crippen LogP contribution in [0.3, 0.4) is 0 Å². The van der Waals surface area contributed by atoms with Crippen molar-refractivity contribution in [1.82, 2.24) is 4.98 Å². The first-order valence-electron chi connectivity index (χ1n) is 9.64. The van der Waals surface area contributed by atoms with Gasteiger partial charge in [-0.25, -0.2) is 4.98 Å². The maximum absolute atomic E-state index is 13.5. The molecule has 3 aromatic rings. The number of nitrogens with zero attached hydrogens (tertiary/aromatic N) is 3. The molecule has 6 nitrogen and oxygen atoms in total. The minimum absolute atomic E-state index is 0.0374. The topological polar surface area (TPSA) is 94.3 Å². The Balaban J connectivity index is 1.91. The van der Waals surface area contributed by atoms with E-state index in [1.165, 1.54) is 16.2 Å². The number of aromatic nitrogens is 1. The summed E-state index contributed by atoms with van der Waals surface area (Å²) >= 11 is 1.24. The Kier molecular flexibility index (Phi) is 5.17. The number of ketones is 1. The Bertz CT molecular complexity index is 1280. The second-order valence-electron chi connectivity index (χ2n) is 7.33. The molecule has 1 aliphatic rings. The summed E-state index contributed by atoms with van der Waals surface area (Å²) < 4.78 is 0. The van der Waals surface area contributed by atoms with E-state index in [0.717, 1.165) is 16.1 Å². The van der Waals surface area contributed by atoms with Crippen LogP contribution < -0.4 is 4.90 Å². The molecule has 1 unspecified atom stereocenters. The van der Waals surface area contributed by atoms with Crippen LogP contribution in [0, 0.1) is 32.1 Å². The number of nitriles is 1. The molecular weight excluding hydrogens is 410 g/mol. The summed E-state index contributed by atoms with van der Waals surface area (Å²) in [7, 11) is 0. The van der Waals surface area contributed by atoms with E-state index in [0.29, 0.717) is 21.8 Å². The van der Waals surface area contributed by atoms with Crippen molar-refractivity contribution < 1.29 is 14.7 Å². The molecule has 31 heavy (non-hydrogen) atoms. The smallest absolute Gasteiger partial charge is 0.294 e. The highest BCUT2D eigenvalue weighted by atomic mass is 32.1. The van der Waals surface area contributed by atoms with E-state index in [4.69, 9.17) is 5.26 Å². The van der Waals surface area contributed by atoms with Crippen LogP contribution in [-0.4, -0.2) is 21.8 Å². The Morgan fingerprint density at radius 2 is 1.81 bits per heavy atom. The maximum atomic E-state index is 13.5. The average molecular weight is 430 g/mol. The van der Waals surface area contributed by atoms with Gasteiger partial charge >= 0.3 is 0 Å². The lowest BCUT2D eigenvalue weighted by atomic mass is 9.92. The second-order valence-corrected chi connectivity index (χ2v) is 8.53. The molecule has 1 atom stereocenters. The molecular formula is C24H19N3O3S. The van der Waals surface area contributed by atoms with Crippen LogP contribution in [0.4, 0.5) is 5.69 Å². The van der Waals surface area contributed by atoms with E-state index in [1.807, 2.05) is 38.1 Å². The number of anilines is 1. The molecule has 1 aromatic heterocycles. The highest BCUT2D eigenvalue weighted by Crippen LogP contribution is 2.43. The van der Waals surface area contributed by atoms with E-state index in [9.17, 15) is 14.7 Å². The van der Waals surface area contributed by atoms with E-state index in [2.05, 4.69) is 11.1 Å². The summed E-state index contributed by atoms with van der Waals surface area (Å²) in [5.74, 6) is -1.62. The van der Waals surface area contributed by atoms with E-state index in [-0.39, 0.29) is 5.57 Å². The van der Waals surface area contributed by atoms with Gasteiger partial charge in [0.15, 0.2) is 5.76 Å². The number of benzene rings is 2. The van der Waals surface area contributed by atoms with Crippen molar-refractivity contribution in [2.75, 3.05) is 4.90 Å². The summed E-state index contributed by atoms with van der Waals surface area (Å²) in [6.07, 6.45) is 0. The van der Waals surface area contributed by atoms with Crippen LogP contribution >= 0.6 is 11.3 Å². The number of amides is 1. The predicted octanol–water partition coefficient (Wildman–Crippen LogP) is 4.72. The van der Waals surface area contributed by atoms with Gasteiger partial charge < -0.3 is 5.11 Å². The number of carbonyl (C=O) groups excluding carboxylic acids is 2. The predicted molar refractivity (Wildman–Crippen MR) is 118 cm³/mol. The van der Waals surface area contributed by atoms with Crippen molar-refractivity contribution in [3.8, 4) is 6.07 Å². The number of hydrogen-bond donors (Lipinski definition) is 1. The van der Waals surface area contributed by atoms with E-state index >= 15 is 0 Å². The molecule has 0 saturated carbocycles. The van der Waals surface area contributed by atoms with Gasteiger partial charge in [-0.3, -0.25) is 14.5 Å². The lowest BCUT2D eigenvalue weighted by Crippen LogP contribution is -2.31. The number of hydrogen-bond acceptors (Lipinski definition) is 6. The number of aliphatic hydroxyl groups excluding tert-OH is 1. The van der Waals surface area contributed by atoms with Gasteiger partial charge in [0.1, 0.15) is 0 Å². The van der Waals surface area contributed by atoms with Crippen LogP contribution in [0.5, 0.6) is 0 Å². The molecule has 0 aliphatic carbocycles. The number of Topliss-reactive ketones (excluding diaryl/α,β-unsaturated/α-hetero) is 1. The zero-order valence-corrected chi connectivity index (χ0v) is 18.0. The van der Waals surface area contributed by atoms with E-state index < -0.39 is 23.5 Å². The second kappa shape index (κ2) is 7.82. The minimum atomic E-state index is -0.795. The number of thiazole rings is 1. The maximum Gasteiger partial charge on any atom is 0.294 e. The molecule has 1 amide bonds. The Morgan fingerprint density at radius 1 is 1.13 bits per heavy atom.